The van der Waals surface area contributed by atoms with Crippen molar-refractivity contribution in [1.82, 2.24) is 14.9 Å². The summed E-state index contributed by atoms with van der Waals surface area (Å²) in [6.07, 6.45) is 1.43. The van der Waals surface area contributed by atoms with Gasteiger partial charge in [0.25, 0.3) is 0 Å². The Bertz CT molecular complexity index is 931. The van der Waals surface area contributed by atoms with Crippen LogP contribution < -0.4 is 9.64 Å². The van der Waals surface area contributed by atoms with E-state index < -0.39 is 11.9 Å². The predicted octanol–water partition coefficient (Wildman–Crippen LogP) is 2.01. The van der Waals surface area contributed by atoms with E-state index in [-0.39, 0.29) is 24.3 Å². The normalized spacial score (nSPS) is 20.6. The van der Waals surface area contributed by atoms with Crippen molar-refractivity contribution in [2.75, 3.05) is 18.0 Å². The summed E-state index contributed by atoms with van der Waals surface area (Å²) in [5.74, 6) is 0.279. The molecule has 9 heteroatoms. The highest BCUT2D eigenvalue weighted by Crippen LogP contribution is 2.38. The minimum atomic E-state index is -0.899. The Kier molecular flexibility index (Phi) is 4.24. The molecule has 1 aromatic carbocycles. The first-order valence-electron chi connectivity index (χ1n) is 8.47. The third-order valence-corrected chi connectivity index (χ3v) is 4.78. The third kappa shape index (κ3) is 3.33. The molecule has 2 unspecified atom stereocenters. The Labute approximate surface area is 154 Å². The number of nitriles is 1. The van der Waals surface area contributed by atoms with Gasteiger partial charge in [-0.1, -0.05) is 6.07 Å². The van der Waals surface area contributed by atoms with E-state index in [0.717, 1.165) is 6.42 Å². The van der Waals surface area contributed by atoms with Gasteiger partial charge in [0, 0.05) is 30.9 Å². The van der Waals surface area contributed by atoms with Crippen molar-refractivity contribution in [3.8, 4) is 11.9 Å². The monoisotopic (exact) mass is 369 g/mol. The van der Waals surface area contributed by atoms with Crippen molar-refractivity contribution in [3.05, 3.63) is 47.4 Å². The molecule has 1 aliphatic heterocycles. The topological polar surface area (TPSA) is 103 Å². The number of fused-ring (bicyclic) bond motifs is 1. The molecule has 1 aliphatic carbocycles. The molecular formula is C18H16FN5O3. The van der Waals surface area contributed by atoms with Gasteiger partial charge in [-0.15, -0.1) is 0 Å². The minimum absolute atomic E-state index is 0.0165. The molecule has 4 rings (SSSR count). The van der Waals surface area contributed by atoms with Crippen LogP contribution >= 0.6 is 0 Å². The fourth-order valence-electron chi connectivity index (χ4n) is 3.31. The van der Waals surface area contributed by atoms with E-state index in [1.165, 1.54) is 23.1 Å². The number of carbonyl (C=O) groups is 1. The lowest BCUT2D eigenvalue weighted by Crippen LogP contribution is -2.48. The predicted molar refractivity (Wildman–Crippen MR) is 91.7 cm³/mol. The Hall–Kier alpha value is -3.41. The maximum Gasteiger partial charge on any atom is 0.407 e. The second-order valence-electron chi connectivity index (χ2n) is 6.44. The molecule has 8 nitrogen and oxygen atoms in total. The molecule has 1 amide bonds. The summed E-state index contributed by atoms with van der Waals surface area (Å²) >= 11 is 0. The summed E-state index contributed by atoms with van der Waals surface area (Å²) in [5.41, 5.74) is 0.576. The van der Waals surface area contributed by atoms with Gasteiger partial charge < -0.3 is 19.6 Å². The summed E-state index contributed by atoms with van der Waals surface area (Å²) in [7, 11) is 0. The van der Waals surface area contributed by atoms with E-state index in [0.29, 0.717) is 30.5 Å². The minimum Gasteiger partial charge on any atom is -0.473 e. The molecule has 1 saturated carbocycles. The average molecular weight is 369 g/mol. The number of carboxylic acid groups (broad SMARTS) is 1. The number of hydrogen-bond donors (Lipinski definition) is 1. The van der Waals surface area contributed by atoms with Gasteiger partial charge in [0.2, 0.25) is 11.8 Å². The molecular weight excluding hydrogens is 353 g/mol. The van der Waals surface area contributed by atoms with Gasteiger partial charge in [0.1, 0.15) is 12.4 Å². The molecule has 0 radical (unpaired) electrons. The lowest BCUT2D eigenvalue weighted by atomic mass is 10.1. The van der Waals surface area contributed by atoms with Gasteiger partial charge in [-0.05, 0) is 18.6 Å². The lowest BCUT2D eigenvalue weighted by Gasteiger charge is -2.32. The molecule has 2 atom stereocenters. The highest BCUT2D eigenvalue weighted by Gasteiger charge is 2.51. The summed E-state index contributed by atoms with van der Waals surface area (Å²) in [6, 6.07) is 7.74. The van der Waals surface area contributed by atoms with Crippen LogP contribution in [0, 0.1) is 17.1 Å². The second-order valence-corrected chi connectivity index (χ2v) is 6.44. The molecule has 1 N–H and O–H groups in total. The summed E-state index contributed by atoms with van der Waals surface area (Å²) in [4.78, 5) is 23.3. The quantitative estimate of drug-likeness (QED) is 0.879. The van der Waals surface area contributed by atoms with Crippen molar-refractivity contribution < 1.29 is 19.0 Å². The lowest BCUT2D eigenvalue weighted by molar-refractivity contribution is 0.137. The Balaban J connectivity index is 1.43. The van der Waals surface area contributed by atoms with Crippen LogP contribution in [0.1, 0.15) is 17.5 Å². The highest BCUT2D eigenvalue weighted by molar-refractivity contribution is 5.67. The van der Waals surface area contributed by atoms with Gasteiger partial charge in [-0.3, -0.25) is 0 Å². The molecule has 2 aliphatic rings. The smallest absolute Gasteiger partial charge is 0.407 e. The summed E-state index contributed by atoms with van der Waals surface area (Å²) in [5, 5.41) is 18.0. The van der Waals surface area contributed by atoms with Crippen molar-refractivity contribution in [1.29, 1.82) is 5.26 Å². The Morgan fingerprint density at radius 2 is 2.22 bits per heavy atom. The molecule has 138 valence electrons. The number of amides is 1. The number of hydrogen-bond acceptors (Lipinski definition) is 6. The van der Waals surface area contributed by atoms with Crippen LogP contribution in [0.25, 0.3) is 0 Å². The van der Waals surface area contributed by atoms with Gasteiger partial charge in [-0.25, -0.2) is 14.2 Å². The van der Waals surface area contributed by atoms with E-state index in [4.69, 9.17) is 10.00 Å². The van der Waals surface area contributed by atoms with Crippen molar-refractivity contribution in [2.45, 2.75) is 25.1 Å². The van der Waals surface area contributed by atoms with E-state index in [2.05, 4.69) is 9.97 Å². The highest BCUT2D eigenvalue weighted by atomic mass is 19.1. The molecule has 2 aromatic rings. The number of aromatic nitrogens is 2. The Morgan fingerprint density at radius 3 is 2.96 bits per heavy atom. The van der Waals surface area contributed by atoms with Crippen LogP contribution in [-0.4, -0.2) is 51.2 Å². The largest absolute Gasteiger partial charge is 0.473 e. The number of anilines is 1. The first-order chi connectivity index (χ1) is 13.1. The van der Waals surface area contributed by atoms with Gasteiger partial charge in [0.15, 0.2) is 0 Å². The molecule has 2 heterocycles. The number of nitrogens with zero attached hydrogens (tertiary/aromatic N) is 5. The van der Waals surface area contributed by atoms with Crippen LogP contribution in [0.3, 0.4) is 0 Å². The zero-order chi connectivity index (χ0) is 19.0. The molecule has 1 saturated heterocycles. The number of ether oxygens (including phenoxy) is 1. The summed E-state index contributed by atoms with van der Waals surface area (Å²) in [6.45, 7) is 0.898. The number of rotatable bonds is 4. The first-order valence-corrected chi connectivity index (χ1v) is 8.47. The van der Waals surface area contributed by atoms with Crippen LogP contribution in [-0.2, 0) is 6.61 Å². The number of benzene rings is 1. The zero-order valence-corrected chi connectivity index (χ0v) is 14.2. The fraction of sp³-hybridized carbons (Fsp3) is 0.333. The van der Waals surface area contributed by atoms with Crippen molar-refractivity contribution in [3.63, 3.8) is 0 Å². The molecule has 1 aromatic heterocycles. The van der Waals surface area contributed by atoms with E-state index in [1.54, 1.807) is 12.3 Å². The van der Waals surface area contributed by atoms with Crippen LogP contribution in [0.15, 0.2) is 30.5 Å². The fourth-order valence-corrected chi connectivity index (χ4v) is 3.31. The second kappa shape index (κ2) is 6.72. The van der Waals surface area contributed by atoms with Crippen LogP contribution in [0.2, 0.25) is 0 Å². The molecule has 0 bridgehead atoms. The number of piperazine rings is 1. The maximum absolute atomic E-state index is 13.9. The van der Waals surface area contributed by atoms with Crippen LogP contribution in [0.5, 0.6) is 5.88 Å². The zero-order valence-electron chi connectivity index (χ0n) is 14.2. The van der Waals surface area contributed by atoms with E-state index in [9.17, 15) is 14.3 Å². The first kappa shape index (κ1) is 17.0. The van der Waals surface area contributed by atoms with Crippen molar-refractivity contribution in [2.24, 2.45) is 0 Å². The molecule has 2 fully saturated rings. The van der Waals surface area contributed by atoms with Crippen molar-refractivity contribution >= 4 is 12.0 Å². The Morgan fingerprint density at radius 1 is 1.37 bits per heavy atom. The third-order valence-electron chi connectivity index (χ3n) is 4.78. The average Bonchev–Trinajstić information content (AvgIpc) is 3.47. The number of halogens is 1. The van der Waals surface area contributed by atoms with Crippen LogP contribution in [0.4, 0.5) is 15.1 Å². The summed E-state index contributed by atoms with van der Waals surface area (Å²) < 4.78 is 19.5. The molecule has 0 spiro atoms. The van der Waals surface area contributed by atoms with Gasteiger partial charge in [0.05, 0.1) is 23.7 Å². The molecule has 27 heavy (non-hydrogen) atoms. The SMILES string of the molecule is N#Cc1ccc(COc2ccnc(N3CCN(C(=O)O)C4CC43)n2)c(F)c1. The maximum atomic E-state index is 13.9. The van der Waals surface area contributed by atoms with Gasteiger partial charge >= 0.3 is 6.09 Å². The van der Waals surface area contributed by atoms with Gasteiger partial charge in [-0.2, -0.15) is 10.2 Å². The van der Waals surface area contributed by atoms with E-state index >= 15 is 0 Å². The standard InChI is InChI=1S/C18H16FN5O3/c19-13-7-11(9-20)1-2-12(13)10-27-16-3-4-21-17(22-16)23-5-6-24(18(25)26)15-8-14(15)23/h1-4,7,14-15H,5-6,8,10H2,(H,25,26). The van der Waals surface area contributed by atoms with E-state index in [1.807, 2.05) is 11.0 Å².